The Kier molecular flexibility index (Phi) is 7.12. The highest BCUT2D eigenvalue weighted by Crippen LogP contribution is 2.24. The largest absolute Gasteiger partial charge is 0.492 e. The van der Waals surface area contributed by atoms with Gasteiger partial charge in [0.1, 0.15) is 24.7 Å². The maximum Gasteiger partial charge on any atom is 0.251 e. The smallest absolute Gasteiger partial charge is 0.251 e. The molecule has 4 nitrogen and oxygen atoms in total. The maximum atomic E-state index is 12.4. The van der Waals surface area contributed by atoms with Crippen molar-refractivity contribution in [2.75, 3.05) is 13.2 Å². The quantitative estimate of drug-likeness (QED) is 0.514. The standard InChI is InChI=1S/C26H29NO3/c1-26(2,3)22-12-14-23(15-13-22)29-17-16-27-25(28)21-10-7-11-24(18-21)30-19-20-8-5-4-6-9-20/h4-15,18H,16-17,19H2,1-3H3,(H,27,28). The van der Waals surface area contributed by atoms with E-state index in [0.717, 1.165) is 11.3 Å². The molecule has 0 aliphatic carbocycles. The summed E-state index contributed by atoms with van der Waals surface area (Å²) in [4.78, 5) is 12.4. The number of rotatable bonds is 8. The van der Waals surface area contributed by atoms with Crippen LogP contribution in [-0.4, -0.2) is 19.1 Å². The Morgan fingerprint density at radius 2 is 1.57 bits per heavy atom. The number of hydrogen-bond donors (Lipinski definition) is 1. The lowest BCUT2D eigenvalue weighted by Crippen LogP contribution is -2.28. The van der Waals surface area contributed by atoms with Crippen LogP contribution < -0.4 is 14.8 Å². The topological polar surface area (TPSA) is 47.6 Å². The van der Waals surface area contributed by atoms with Crippen molar-refractivity contribution in [3.8, 4) is 11.5 Å². The van der Waals surface area contributed by atoms with Crippen LogP contribution >= 0.6 is 0 Å². The Balaban J connectivity index is 1.44. The minimum Gasteiger partial charge on any atom is -0.492 e. The molecule has 4 heteroatoms. The number of amides is 1. The molecule has 0 saturated heterocycles. The van der Waals surface area contributed by atoms with E-state index in [4.69, 9.17) is 9.47 Å². The Bertz CT molecular complexity index is 944. The molecule has 156 valence electrons. The summed E-state index contributed by atoms with van der Waals surface area (Å²) in [5.41, 5.74) is 3.03. The first-order valence-corrected chi connectivity index (χ1v) is 10.2. The van der Waals surface area contributed by atoms with E-state index in [1.54, 1.807) is 12.1 Å². The molecule has 0 saturated carbocycles. The van der Waals surface area contributed by atoms with Gasteiger partial charge in [0.25, 0.3) is 5.91 Å². The van der Waals surface area contributed by atoms with Crippen LogP contribution in [0.4, 0.5) is 0 Å². The van der Waals surface area contributed by atoms with Gasteiger partial charge in [-0.05, 0) is 46.9 Å². The number of carbonyl (C=O) groups excluding carboxylic acids is 1. The zero-order chi connectivity index (χ0) is 21.4. The Morgan fingerprint density at radius 3 is 2.27 bits per heavy atom. The van der Waals surface area contributed by atoms with Crippen molar-refractivity contribution in [2.24, 2.45) is 0 Å². The predicted molar refractivity (Wildman–Crippen MR) is 120 cm³/mol. The van der Waals surface area contributed by atoms with Crippen molar-refractivity contribution in [1.82, 2.24) is 5.32 Å². The van der Waals surface area contributed by atoms with Crippen LogP contribution in [0.15, 0.2) is 78.9 Å². The van der Waals surface area contributed by atoms with Crippen molar-refractivity contribution >= 4 is 5.91 Å². The average Bonchev–Trinajstić information content (AvgIpc) is 2.76. The summed E-state index contributed by atoms with van der Waals surface area (Å²) in [6.45, 7) is 7.84. The van der Waals surface area contributed by atoms with Gasteiger partial charge < -0.3 is 14.8 Å². The summed E-state index contributed by atoms with van der Waals surface area (Å²) in [7, 11) is 0. The minimum atomic E-state index is -0.146. The summed E-state index contributed by atoms with van der Waals surface area (Å²) in [6.07, 6.45) is 0. The summed E-state index contributed by atoms with van der Waals surface area (Å²) >= 11 is 0. The second-order valence-electron chi connectivity index (χ2n) is 8.18. The van der Waals surface area contributed by atoms with Gasteiger partial charge in [-0.2, -0.15) is 0 Å². The van der Waals surface area contributed by atoms with Gasteiger partial charge in [0.15, 0.2) is 0 Å². The van der Waals surface area contributed by atoms with E-state index in [9.17, 15) is 4.79 Å². The van der Waals surface area contributed by atoms with E-state index in [2.05, 4.69) is 38.2 Å². The van der Waals surface area contributed by atoms with Gasteiger partial charge in [-0.1, -0.05) is 69.3 Å². The lowest BCUT2D eigenvalue weighted by Gasteiger charge is -2.19. The third kappa shape index (κ3) is 6.38. The fourth-order valence-corrected chi connectivity index (χ4v) is 2.95. The Labute approximate surface area is 178 Å². The molecule has 3 rings (SSSR count). The number of ether oxygens (including phenoxy) is 2. The van der Waals surface area contributed by atoms with Gasteiger partial charge in [-0.25, -0.2) is 0 Å². The van der Waals surface area contributed by atoms with Crippen molar-refractivity contribution in [2.45, 2.75) is 32.8 Å². The fourth-order valence-electron chi connectivity index (χ4n) is 2.95. The van der Waals surface area contributed by atoms with Gasteiger partial charge in [0.2, 0.25) is 0 Å². The zero-order valence-electron chi connectivity index (χ0n) is 17.9. The highest BCUT2D eigenvalue weighted by Gasteiger charge is 2.13. The van der Waals surface area contributed by atoms with Crippen LogP contribution in [0, 0.1) is 0 Å². The van der Waals surface area contributed by atoms with Crippen LogP contribution in [0.25, 0.3) is 0 Å². The van der Waals surface area contributed by atoms with Gasteiger partial charge >= 0.3 is 0 Å². The van der Waals surface area contributed by atoms with E-state index in [0.29, 0.717) is 31.1 Å². The molecule has 0 aliphatic rings. The second kappa shape index (κ2) is 9.97. The molecule has 0 radical (unpaired) electrons. The summed E-state index contributed by atoms with van der Waals surface area (Å²) in [6, 6.07) is 25.2. The molecule has 0 aromatic heterocycles. The van der Waals surface area contributed by atoms with E-state index < -0.39 is 0 Å². The first-order chi connectivity index (χ1) is 14.4. The lowest BCUT2D eigenvalue weighted by molar-refractivity contribution is 0.0946. The van der Waals surface area contributed by atoms with Gasteiger partial charge in [-0.15, -0.1) is 0 Å². The SMILES string of the molecule is CC(C)(C)c1ccc(OCCNC(=O)c2cccc(OCc3ccccc3)c2)cc1. The van der Waals surface area contributed by atoms with Crippen LogP contribution in [0.3, 0.4) is 0 Å². The first-order valence-electron chi connectivity index (χ1n) is 10.2. The van der Waals surface area contributed by atoms with E-state index >= 15 is 0 Å². The summed E-state index contributed by atoms with van der Waals surface area (Å²) in [5.74, 6) is 1.32. The molecule has 0 bridgehead atoms. The molecule has 0 fully saturated rings. The second-order valence-corrected chi connectivity index (χ2v) is 8.18. The molecule has 0 unspecified atom stereocenters. The van der Waals surface area contributed by atoms with Crippen molar-refractivity contribution in [1.29, 1.82) is 0 Å². The molecule has 1 amide bonds. The molecule has 0 aliphatic heterocycles. The average molecular weight is 404 g/mol. The molecule has 3 aromatic rings. The van der Waals surface area contributed by atoms with Crippen LogP contribution in [0.2, 0.25) is 0 Å². The van der Waals surface area contributed by atoms with Crippen LogP contribution in [0.1, 0.15) is 42.3 Å². The fraction of sp³-hybridized carbons (Fsp3) is 0.269. The van der Waals surface area contributed by atoms with E-state index in [1.165, 1.54) is 5.56 Å². The van der Waals surface area contributed by atoms with E-state index in [1.807, 2.05) is 54.6 Å². The zero-order valence-corrected chi connectivity index (χ0v) is 17.9. The number of carbonyl (C=O) groups is 1. The highest BCUT2D eigenvalue weighted by atomic mass is 16.5. The summed E-state index contributed by atoms with van der Waals surface area (Å²) in [5, 5.41) is 2.89. The molecule has 0 spiro atoms. The van der Waals surface area contributed by atoms with Crippen molar-refractivity contribution < 1.29 is 14.3 Å². The molecular weight excluding hydrogens is 374 g/mol. The molecule has 3 aromatic carbocycles. The monoisotopic (exact) mass is 403 g/mol. The highest BCUT2D eigenvalue weighted by molar-refractivity contribution is 5.94. The predicted octanol–water partition coefficient (Wildman–Crippen LogP) is 5.37. The van der Waals surface area contributed by atoms with Crippen molar-refractivity contribution in [3.63, 3.8) is 0 Å². The lowest BCUT2D eigenvalue weighted by atomic mass is 9.87. The molecular formula is C26H29NO3. The molecule has 1 N–H and O–H groups in total. The Hall–Kier alpha value is -3.27. The molecule has 30 heavy (non-hydrogen) atoms. The first kappa shape index (κ1) is 21.4. The number of nitrogens with one attached hydrogen (secondary N) is 1. The molecule has 0 atom stereocenters. The maximum absolute atomic E-state index is 12.4. The molecule has 0 heterocycles. The van der Waals surface area contributed by atoms with Crippen LogP contribution in [-0.2, 0) is 12.0 Å². The number of hydrogen-bond acceptors (Lipinski definition) is 3. The number of benzene rings is 3. The summed E-state index contributed by atoms with van der Waals surface area (Å²) < 4.78 is 11.5. The van der Waals surface area contributed by atoms with E-state index in [-0.39, 0.29) is 11.3 Å². The van der Waals surface area contributed by atoms with Gasteiger partial charge in [0.05, 0.1) is 6.54 Å². The third-order valence-corrected chi connectivity index (χ3v) is 4.72. The van der Waals surface area contributed by atoms with Gasteiger partial charge in [-0.3, -0.25) is 4.79 Å². The Morgan fingerprint density at radius 1 is 0.833 bits per heavy atom. The third-order valence-electron chi connectivity index (χ3n) is 4.72. The van der Waals surface area contributed by atoms with Crippen LogP contribution in [0.5, 0.6) is 11.5 Å². The van der Waals surface area contributed by atoms with Gasteiger partial charge in [0, 0.05) is 5.56 Å². The minimum absolute atomic E-state index is 0.117. The van der Waals surface area contributed by atoms with Crippen molar-refractivity contribution in [3.05, 3.63) is 95.6 Å². The normalized spacial score (nSPS) is 11.0.